The van der Waals surface area contributed by atoms with E-state index in [-0.39, 0.29) is 17.4 Å². The first-order chi connectivity index (χ1) is 18.2. The van der Waals surface area contributed by atoms with Crippen molar-refractivity contribution in [3.05, 3.63) is 82.0 Å². The van der Waals surface area contributed by atoms with Crippen molar-refractivity contribution in [3.8, 4) is 5.69 Å². The smallest absolute Gasteiger partial charge is 0.350 e. The summed E-state index contributed by atoms with van der Waals surface area (Å²) in [6.07, 6.45) is 4.30. The highest BCUT2D eigenvalue weighted by Gasteiger charge is 2.16. The van der Waals surface area contributed by atoms with Crippen LogP contribution in [0.3, 0.4) is 0 Å². The topological polar surface area (TPSA) is 133 Å². The molecule has 1 fully saturated rings. The van der Waals surface area contributed by atoms with E-state index in [0.29, 0.717) is 36.7 Å². The van der Waals surface area contributed by atoms with Crippen molar-refractivity contribution in [2.75, 3.05) is 20.2 Å². The minimum absolute atomic E-state index is 0.0938. The molecule has 10 nitrogen and oxygen atoms in total. The molecule has 0 saturated carbocycles. The summed E-state index contributed by atoms with van der Waals surface area (Å²) in [5.74, 6) is 0.819. The van der Waals surface area contributed by atoms with E-state index in [0.717, 1.165) is 30.8 Å². The second kappa shape index (κ2) is 14.0. The van der Waals surface area contributed by atoms with Gasteiger partial charge in [0.05, 0.1) is 12.8 Å². The van der Waals surface area contributed by atoms with Crippen LogP contribution < -0.4 is 11.0 Å². The SMILES string of the molecule is COC(=O)CCc1ccc(-n2c(C)nn(CCC3CCNCC3)c2=O)cc1.O=S(=O)(O)Cc1ccccc1. The molecule has 206 valence electrons. The minimum Gasteiger partial charge on any atom is -0.469 e. The number of carbonyl (C=O) groups excluding carboxylic acids is 1. The predicted octanol–water partition coefficient (Wildman–Crippen LogP) is 2.91. The second-order valence-electron chi connectivity index (χ2n) is 9.32. The number of nitrogens with zero attached hydrogens (tertiary/aromatic N) is 3. The van der Waals surface area contributed by atoms with E-state index >= 15 is 0 Å². The average Bonchev–Trinajstić information content (AvgIpc) is 3.19. The maximum Gasteiger partial charge on any atom is 0.350 e. The number of carbonyl (C=O) groups is 1. The number of benzene rings is 2. The number of rotatable bonds is 9. The molecule has 0 aliphatic carbocycles. The lowest BCUT2D eigenvalue weighted by Gasteiger charge is -2.22. The number of esters is 1. The number of piperidine rings is 1. The van der Waals surface area contributed by atoms with Crippen LogP contribution in [-0.2, 0) is 38.4 Å². The summed E-state index contributed by atoms with van der Waals surface area (Å²) in [6.45, 7) is 4.65. The minimum atomic E-state index is -3.88. The molecule has 0 amide bonds. The molecule has 1 aromatic heterocycles. The lowest BCUT2D eigenvalue weighted by atomic mass is 9.95. The van der Waals surface area contributed by atoms with Crippen LogP contribution in [0.2, 0.25) is 0 Å². The largest absolute Gasteiger partial charge is 0.469 e. The summed E-state index contributed by atoms with van der Waals surface area (Å²) >= 11 is 0. The fraction of sp³-hybridized carbons (Fsp3) is 0.444. The average molecular weight is 545 g/mol. The van der Waals surface area contributed by atoms with Crippen LogP contribution in [0, 0.1) is 12.8 Å². The summed E-state index contributed by atoms with van der Waals surface area (Å²) in [6, 6.07) is 16.2. The second-order valence-corrected chi connectivity index (χ2v) is 10.8. The van der Waals surface area contributed by atoms with E-state index in [1.165, 1.54) is 20.0 Å². The van der Waals surface area contributed by atoms with Crippen molar-refractivity contribution in [3.63, 3.8) is 0 Å². The number of nitrogens with one attached hydrogen (secondary N) is 1. The lowest BCUT2D eigenvalue weighted by molar-refractivity contribution is -0.140. The molecule has 1 aliphatic heterocycles. The first-order valence-corrected chi connectivity index (χ1v) is 14.3. The van der Waals surface area contributed by atoms with Gasteiger partial charge in [0.1, 0.15) is 11.6 Å². The molecule has 2 heterocycles. The molecule has 0 unspecified atom stereocenters. The fourth-order valence-corrected chi connectivity index (χ4v) is 4.99. The third kappa shape index (κ3) is 9.23. The zero-order valence-corrected chi connectivity index (χ0v) is 22.7. The van der Waals surface area contributed by atoms with Crippen LogP contribution in [0.4, 0.5) is 0 Å². The maximum absolute atomic E-state index is 12.8. The van der Waals surface area contributed by atoms with E-state index < -0.39 is 10.1 Å². The van der Waals surface area contributed by atoms with Gasteiger partial charge in [0.15, 0.2) is 0 Å². The first-order valence-electron chi connectivity index (χ1n) is 12.7. The summed E-state index contributed by atoms with van der Waals surface area (Å²) in [5.41, 5.74) is 2.33. The van der Waals surface area contributed by atoms with Gasteiger partial charge in [-0.05, 0) is 74.9 Å². The van der Waals surface area contributed by atoms with E-state index in [1.54, 1.807) is 39.6 Å². The van der Waals surface area contributed by atoms with Crippen molar-refractivity contribution < 1.29 is 22.5 Å². The van der Waals surface area contributed by atoms with Crippen LogP contribution in [0.25, 0.3) is 5.69 Å². The monoisotopic (exact) mass is 544 g/mol. The van der Waals surface area contributed by atoms with Gasteiger partial charge >= 0.3 is 11.7 Å². The Morgan fingerprint density at radius 2 is 1.74 bits per heavy atom. The van der Waals surface area contributed by atoms with E-state index in [1.807, 2.05) is 31.2 Å². The fourth-order valence-electron chi connectivity index (χ4n) is 4.38. The summed E-state index contributed by atoms with van der Waals surface area (Å²) in [7, 11) is -2.48. The van der Waals surface area contributed by atoms with Crippen LogP contribution in [0.15, 0.2) is 59.4 Å². The van der Waals surface area contributed by atoms with Gasteiger partial charge in [-0.1, -0.05) is 42.5 Å². The van der Waals surface area contributed by atoms with E-state index in [4.69, 9.17) is 4.55 Å². The Balaban J connectivity index is 0.000000304. The van der Waals surface area contributed by atoms with Crippen molar-refractivity contribution in [1.29, 1.82) is 0 Å². The molecule has 38 heavy (non-hydrogen) atoms. The van der Waals surface area contributed by atoms with E-state index in [9.17, 15) is 18.0 Å². The third-order valence-corrected chi connectivity index (χ3v) is 7.14. The molecule has 2 N–H and O–H groups in total. The molecule has 11 heteroatoms. The normalized spacial score (nSPS) is 14.0. The highest BCUT2D eigenvalue weighted by Crippen LogP contribution is 2.17. The van der Waals surface area contributed by atoms with Crippen molar-refractivity contribution >= 4 is 16.1 Å². The Morgan fingerprint density at radius 3 is 2.34 bits per heavy atom. The molecule has 0 bridgehead atoms. The van der Waals surface area contributed by atoms with Crippen molar-refractivity contribution in [2.24, 2.45) is 5.92 Å². The number of methoxy groups -OCH3 is 1. The molecule has 0 atom stereocenters. The van der Waals surface area contributed by atoms with Gasteiger partial charge in [-0.3, -0.25) is 9.35 Å². The highest BCUT2D eigenvalue weighted by atomic mass is 32.2. The van der Waals surface area contributed by atoms with Crippen LogP contribution in [0.5, 0.6) is 0 Å². The number of aryl methyl sites for hydroxylation is 3. The highest BCUT2D eigenvalue weighted by molar-refractivity contribution is 7.85. The molecular weight excluding hydrogens is 508 g/mol. The van der Waals surface area contributed by atoms with Gasteiger partial charge in [0.25, 0.3) is 10.1 Å². The molecule has 1 saturated heterocycles. The van der Waals surface area contributed by atoms with Crippen molar-refractivity contribution in [1.82, 2.24) is 19.7 Å². The van der Waals surface area contributed by atoms with Crippen LogP contribution >= 0.6 is 0 Å². The molecule has 3 aromatic rings. The summed E-state index contributed by atoms with van der Waals surface area (Å²) in [5, 5.41) is 7.82. The summed E-state index contributed by atoms with van der Waals surface area (Å²) < 4.78 is 37.1. The Morgan fingerprint density at radius 1 is 1.08 bits per heavy atom. The Labute approximate surface area is 223 Å². The van der Waals surface area contributed by atoms with Crippen LogP contribution in [-0.4, -0.2) is 53.5 Å². The number of hydrogen-bond acceptors (Lipinski definition) is 7. The molecule has 2 aromatic carbocycles. The van der Waals surface area contributed by atoms with Gasteiger partial charge in [-0.2, -0.15) is 13.5 Å². The van der Waals surface area contributed by atoms with Gasteiger partial charge in [0.2, 0.25) is 0 Å². The zero-order chi connectivity index (χ0) is 27.5. The molecular formula is C27H36N4O6S. The zero-order valence-electron chi connectivity index (χ0n) is 21.9. The van der Waals surface area contributed by atoms with Gasteiger partial charge in [-0.15, -0.1) is 0 Å². The predicted molar refractivity (Wildman–Crippen MR) is 145 cm³/mol. The van der Waals surface area contributed by atoms with Gasteiger partial charge in [-0.25, -0.2) is 14.0 Å². The van der Waals surface area contributed by atoms with Gasteiger partial charge in [0, 0.05) is 13.0 Å². The lowest BCUT2D eigenvalue weighted by Crippen LogP contribution is -2.30. The Bertz CT molecular complexity index is 1330. The molecule has 4 rings (SSSR count). The molecule has 0 spiro atoms. The quantitative estimate of drug-likeness (QED) is 0.310. The molecule has 0 radical (unpaired) electrons. The Kier molecular flexibility index (Phi) is 10.8. The first kappa shape index (κ1) is 29.3. The van der Waals surface area contributed by atoms with Crippen molar-refractivity contribution in [2.45, 2.75) is 51.3 Å². The number of hydrogen-bond donors (Lipinski definition) is 2. The third-order valence-electron chi connectivity index (χ3n) is 6.44. The summed E-state index contributed by atoms with van der Waals surface area (Å²) in [4.78, 5) is 24.1. The van der Waals surface area contributed by atoms with Crippen LogP contribution in [0.1, 0.15) is 42.6 Å². The number of aromatic nitrogens is 3. The Hall–Kier alpha value is -3.28. The number of ether oxygens (including phenoxy) is 1. The maximum atomic E-state index is 12.8. The molecule has 1 aliphatic rings. The standard InChI is InChI=1S/C20H28N4O3.C7H8O3S/c1-15-22-23(14-11-17-9-12-21-13-10-17)20(26)24(15)18-6-3-16(4-7-18)5-8-19(25)27-2;8-11(9,10)6-7-4-2-1-3-5-7/h3-4,6-7,17,21H,5,8-14H2,1-2H3;1-5H,6H2,(H,8,9,10). The van der Waals surface area contributed by atoms with Gasteiger partial charge < -0.3 is 10.1 Å². The van der Waals surface area contributed by atoms with E-state index in [2.05, 4.69) is 15.2 Å².